The van der Waals surface area contributed by atoms with Crippen molar-refractivity contribution in [3.63, 3.8) is 0 Å². The van der Waals surface area contributed by atoms with E-state index in [0.717, 1.165) is 57.8 Å². The molecule has 1 unspecified atom stereocenters. The van der Waals surface area contributed by atoms with Gasteiger partial charge < -0.3 is 10.1 Å². The van der Waals surface area contributed by atoms with Crippen LogP contribution in [0.4, 0.5) is 5.69 Å². The molecule has 0 radical (unpaired) electrons. The Morgan fingerprint density at radius 2 is 2.11 bits per heavy atom. The maximum Gasteiger partial charge on any atom is 0.257 e. The van der Waals surface area contributed by atoms with Gasteiger partial charge in [0.1, 0.15) is 5.75 Å². The third-order valence-corrected chi connectivity index (χ3v) is 6.11. The van der Waals surface area contributed by atoms with E-state index in [-0.39, 0.29) is 5.91 Å². The molecule has 2 heterocycles. The highest BCUT2D eigenvalue weighted by Crippen LogP contribution is 2.45. The summed E-state index contributed by atoms with van der Waals surface area (Å²) < 4.78 is 6.70. The van der Waals surface area contributed by atoms with E-state index in [0.29, 0.717) is 5.56 Å². The molecule has 27 heavy (non-hydrogen) atoms. The Balaban J connectivity index is 1.99. The number of carbonyl (C=O) groups excluding carboxylic acids is 1. The number of hydrogen-bond donors (Lipinski definition) is 1. The second-order valence-corrected chi connectivity index (χ2v) is 8.05. The highest BCUT2D eigenvalue weighted by Gasteiger charge is 2.37. The van der Waals surface area contributed by atoms with Crippen molar-refractivity contribution in [1.82, 2.24) is 4.90 Å². The second kappa shape index (κ2) is 7.20. The van der Waals surface area contributed by atoms with Crippen molar-refractivity contribution in [2.75, 3.05) is 25.5 Å². The van der Waals surface area contributed by atoms with E-state index in [4.69, 9.17) is 4.74 Å². The summed E-state index contributed by atoms with van der Waals surface area (Å²) in [5.74, 6) is 0.436. The fraction of sp³-hybridized carbons (Fsp3) is 0.350. The van der Waals surface area contributed by atoms with Crippen molar-refractivity contribution in [3.05, 3.63) is 49.4 Å². The summed E-state index contributed by atoms with van der Waals surface area (Å²) in [5, 5.41) is 5.98. The van der Waals surface area contributed by atoms with Gasteiger partial charge in [0.2, 0.25) is 0 Å². The zero-order chi connectivity index (χ0) is 19.1. The SMILES string of the molecule is CCN1CCc2c(-c3cc(I)ccc3OC)cc3c(c2C1)NC(=O)C3N=O. The number of nitroso groups, excluding NO2 is 1. The predicted octanol–water partition coefficient (Wildman–Crippen LogP) is 4.10. The highest BCUT2D eigenvalue weighted by atomic mass is 127. The van der Waals surface area contributed by atoms with E-state index in [9.17, 15) is 9.70 Å². The standard InChI is InChI=1S/C20H20IN3O3/c1-3-24-7-6-12-13(14-8-11(21)4-5-17(14)27-2)9-15-18(16(12)10-24)22-20(25)19(15)23-26/h4-5,8-9,19H,3,6-7,10H2,1-2H3,(H,22,25). The number of anilines is 1. The summed E-state index contributed by atoms with van der Waals surface area (Å²) in [6.45, 7) is 4.78. The molecule has 0 fully saturated rings. The Bertz CT molecular complexity index is 945. The van der Waals surface area contributed by atoms with Gasteiger partial charge in [-0.1, -0.05) is 12.1 Å². The summed E-state index contributed by atoms with van der Waals surface area (Å²) >= 11 is 2.28. The smallest absolute Gasteiger partial charge is 0.257 e. The fourth-order valence-corrected chi connectivity index (χ4v) is 4.53. The number of likely N-dealkylation sites (N-methyl/N-ethyl adjacent to an activating group) is 1. The number of nitrogens with one attached hydrogen (secondary N) is 1. The van der Waals surface area contributed by atoms with Crippen molar-refractivity contribution in [1.29, 1.82) is 0 Å². The molecule has 0 aliphatic carbocycles. The number of ether oxygens (including phenoxy) is 1. The summed E-state index contributed by atoms with van der Waals surface area (Å²) in [6.07, 6.45) is 0.884. The number of rotatable bonds is 4. The number of halogens is 1. The summed E-state index contributed by atoms with van der Waals surface area (Å²) in [6, 6.07) is 7.00. The molecule has 0 saturated carbocycles. The first kappa shape index (κ1) is 18.4. The molecule has 0 bridgehead atoms. The van der Waals surface area contributed by atoms with Crippen molar-refractivity contribution in [2.24, 2.45) is 5.18 Å². The van der Waals surface area contributed by atoms with Crippen LogP contribution in [0.1, 0.15) is 29.7 Å². The first-order valence-electron chi connectivity index (χ1n) is 8.95. The second-order valence-electron chi connectivity index (χ2n) is 6.81. The van der Waals surface area contributed by atoms with E-state index in [1.807, 2.05) is 18.2 Å². The van der Waals surface area contributed by atoms with Crippen LogP contribution in [-0.2, 0) is 17.8 Å². The Morgan fingerprint density at radius 3 is 2.81 bits per heavy atom. The van der Waals surface area contributed by atoms with Crippen LogP contribution >= 0.6 is 22.6 Å². The lowest BCUT2D eigenvalue weighted by Crippen LogP contribution is -2.31. The predicted molar refractivity (Wildman–Crippen MR) is 113 cm³/mol. The molecule has 0 spiro atoms. The van der Waals surface area contributed by atoms with E-state index in [1.54, 1.807) is 7.11 Å². The summed E-state index contributed by atoms with van der Waals surface area (Å²) in [7, 11) is 1.66. The number of amides is 1. The van der Waals surface area contributed by atoms with Crippen LogP contribution in [0.2, 0.25) is 0 Å². The number of benzene rings is 2. The minimum atomic E-state index is -0.991. The fourth-order valence-electron chi connectivity index (χ4n) is 4.04. The van der Waals surface area contributed by atoms with Crippen molar-refractivity contribution in [2.45, 2.75) is 25.9 Å². The first-order valence-corrected chi connectivity index (χ1v) is 10.0. The largest absolute Gasteiger partial charge is 0.496 e. The molecule has 7 heteroatoms. The van der Waals surface area contributed by atoms with Gasteiger partial charge in [-0.3, -0.25) is 9.69 Å². The third kappa shape index (κ3) is 3.02. The Labute approximate surface area is 171 Å². The van der Waals surface area contributed by atoms with Crippen molar-refractivity contribution < 1.29 is 9.53 Å². The average molecular weight is 477 g/mol. The van der Waals surface area contributed by atoms with Gasteiger partial charge >= 0.3 is 0 Å². The van der Waals surface area contributed by atoms with Gasteiger partial charge in [0.05, 0.1) is 12.8 Å². The number of nitrogens with zero attached hydrogens (tertiary/aromatic N) is 2. The number of carbonyl (C=O) groups is 1. The molecule has 4 rings (SSSR count). The van der Waals surface area contributed by atoms with Gasteiger partial charge in [-0.25, -0.2) is 0 Å². The molecule has 0 saturated heterocycles. The van der Waals surface area contributed by atoms with Crippen LogP contribution in [0.15, 0.2) is 29.4 Å². The molecule has 0 aromatic heterocycles. The molecular formula is C20H20IN3O3. The van der Waals surface area contributed by atoms with Gasteiger partial charge in [0, 0.05) is 27.8 Å². The summed E-state index contributed by atoms with van der Waals surface area (Å²) in [5.41, 5.74) is 5.76. The third-order valence-electron chi connectivity index (χ3n) is 5.43. The molecule has 1 atom stereocenters. The lowest BCUT2D eigenvalue weighted by Gasteiger charge is -2.31. The van der Waals surface area contributed by atoms with Crippen LogP contribution < -0.4 is 10.1 Å². The van der Waals surface area contributed by atoms with Gasteiger partial charge in [0.15, 0.2) is 6.04 Å². The number of methoxy groups -OCH3 is 1. The molecule has 140 valence electrons. The monoisotopic (exact) mass is 477 g/mol. The molecule has 2 aliphatic heterocycles. The Kier molecular flexibility index (Phi) is 4.90. The normalized spacial score (nSPS) is 18.6. The van der Waals surface area contributed by atoms with E-state index in [2.05, 4.69) is 51.0 Å². The molecule has 1 amide bonds. The average Bonchev–Trinajstić information content (AvgIpc) is 3.02. The Hall–Kier alpha value is -2.00. The number of fused-ring (bicyclic) bond motifs is 3. The lowest BCUT2D eigenvalue weighted by molar-refractivity contribution is -0.116. The number of hydrogen-bond acceptors (Lipinski definition) is 5. The molecule has 2 aliphatic rings. The molecular weight excluding hydrogens is 457 g/mol. The van der Waals surface area contributed by atoms with Gasteiger partial charge in [-0.15, -0.1) is 4.91 Å². The van der Waals surface area contributed by atoms with Gasteiger partial charge in [-0.2, -0.15) is 0 Å². The van der Waals surface area contributed by atoms with Crippen molar-refractivity contribution >= 4 is 34.2 Å². The summed E-state index contributed by atoms with van der Waals surface area (Å²) in [4.78, 5) is 26.0. The van der Waals surface area contributed by atoms with Crippen molar-refractivity contribution in [3.8, 4) is 16.9 Å². The molecule has 2 aromatic carbocycles. The van der Waals surface area contributed by atoms with Crippen LogP contribution in [0.25, 0.3) is 11.1 Å². The van der Waals surface area contributed by atoms with Crippen LogP contribution in [-0.4, -0.2) is 31.0 Å². The van der Waals surface area contributed by atoms with Crippen LogP contribution in [0.5, 0.6) is 5.75 Å². The maximum absolute atomic E-state index is 12.3. The molecule has 6 nitrogen and oxygen atoms in total. The van der Waals surface area contributed by atoms with E-state index >= 15 is 0 Å². The maximum atomic E-state index is 12.3. The zero-order valence-corrected chi connectivity index (χ0v) is 17.4. The minimum absolute atomic E-state index is 0.345. The lowest BCUT2D eigenvalue weighted by atomic mass is 9.86. The quantitative estimate of drug-likeness (QED) is 0.532. The molecule has 2 aromatic rings. The van der Waals surface area contributed by atoms with Crippen LogP contribution in [0, 0.1) is 8.48 Å². The van der Waals surface area contributed by atoms with Gasteiger partial charge in [0.25, 0.3) is 5.91 Å². The first-order chi connectivity index (χ1) is 13.1. The topological polar surface area (TPSA) is 71.0 Å². The molecule has 1 N–H and O–H groups in total. The zero-order valence-electron chi connectivity index (χ0n) is 15.2. The Morgan fingerprint density at radius 1 is 1.30 bits per heavy atom. The van der Waals surface area contributed by atoms with E-state index in [1.165, 1.54) is 5.56 Å². The van der Waals surface area contributed by atoms with E-state index < -0.39 is 6.04 Å². The van der Waals surface area contributed by atoms with Crippen LogP contribution in [0.3, 0.4) is 0 Å². The minimum Gasteiger partial charge on any atom is -0.496 e. The highest BCUT2D eigenvalue weighted by molar-refractivity contribution is 14.1. The van der Waals surface area contributed by atoms with Gasteiger partial charge in [-0.05, 0) is 76.5 Å².